The van der Waals surface area contributed by atoms with E-state index in [1.165, 1.54) is 5.56 Å². The summed E-state index contributed by atoms with van der Waals surface area (Å²) in [5.41, 5.74) is 1.27. The molecule has 2 aromatic heterocycles. The van der Waals surface area contributed by atoms with Gasteiger partial charge in [-0.25, -0.2) is 4.98 Å². The molecule has 0 unspecified atom stereocenters. The predicted molar refractivity (Wildman–Crippen MR) is 79.0 cm³/mol. The largest absolute Gasteiger partial charge is 0.478 e. The Kier molecular flexibility index (Phi) is 5.29. The highest BCUT2D eigenvalue weighted by Crippen LogP contribution is 2.13. The molecule has 20 heavy (non-hydrogen) atoms. The summed E-state index contributed by atoms with van der Waals surface area (Å²) in [4.78, 5) is 12.6. The zero-order chi connectivity index (χ0) is 14.2. The monoisotopic (exact) mass is 272 g/mol. The lowest BCUT2D eigenvalue weighted by atomic mass is 10.1. The van der Waals surface area contributed by atoms with Crippen LogP contribution < -0.4 is 10.1 Å². The molecule has 2 aromatic rings. The molecule has 0 aliphatic carbocycles. The quantitative estimate of drug-likeness (QED) is 0.785. The molecule has 106 valence electrons. The summed E-state index contributed by atoms with van der Waals surface area (Å²) in [7, 11) is 0. The molecule has 0 bridgehead atoms. The standard InChI is InChI=1S/C15H20N4O/c1-3-17-14-11-15(19-12(2)18-14)20-10-4-5-13-6-8-16-9-7-13/h6-9,11H,3-5,10H2,1-2H3,(H,17,18,19). The van der Waals surface area contributed by atoms with Gasteiger partial charge in [0.25, 0.3) is 0 Å². The van der Waals surface area contributed by atoms with Crippen molar-refractivity contribution in [2.24, 2.45) is 0 Å². The van der Waals surface area contributed by atoms with Crippen molar-refractivity contribution in [3.05, 3.63) is 42.0 Å². The summed E-state index contributed by atoms with van der Waals surface area (Å²) >= 11 is 0. The van der Waals surface area contributed by atoms with E-state index in [4.69, 9.17) is 4.74 Å². The molecule has 1 N–H and O–H groups in total. The SMILES string of the molecule is CCNc1cc(OCCCc2ccncc2)nc(C)n1. The second-order valence-corrected chi connectivity index (χ2v) is 4.48. The first-order valence-corrected chi connectivity index (χ1v) is 6.89. The van der Waals surface area contributed by atoms with Gasteiger partial charge < -0.3 is 10.1 Å². The van der Waals surface area contributed by atoms with Gasteiger partial charge >= 0.3 is 0 Å². The van der Waals surface area contributed by atoms with Gasteiger partial charge in [-0.2, -0.15) is 4.98 Å². The Labute approximate surface area is 119 Å². The smallest absolute Gasteiger partial charge is 0.218 e. The van der Waals surface area contributed by atoms with Crippen LogP contribution in [-0.2, 0) is 6.42 Å². The molecule has 2 heterocycles. The fourth-order valence-corrected chi connectivity index (χ4v) is 1.89. The van der Waals surface area contributed by atoms with Crippen molar-refractivity contribution in [2.45, 2.75) is 26.7 Å². The van der Waals surface area contributed by atoms with E-state index >= 15 is 0 Å². The number of hydrogen-bond donors (Lipinski definition) is 1. The van der Waals surface area contributed by atoms with E-state index in [0.29, 0.717) is 18.3 Å². The first kappa shape index (κ1) is 14.2. The summed E-state index contributed by atoms with van der Waals surface area (Å²) in [6.07, 6.45) is 5.55. The van der Waals surface area contributed by atoms with Gasteiger partial charge in [-0.15, -0.1) is 0 Å². The van der Waals surface area contributed by atoms with Crippen LogP contribution in [0.1, 0.15) is 24.7 Å². The van der Waals surface area contributed by atoms with Crippen LogP contribution in [-0.4, -0.2) is 28.1 Å². The van der Waals surface area contributed by atoms with Crippen molar-refractivity contribution in [1.82, 2.24) is 15.0 Å². The number of hydrogen-bond acceptors (Lipinski definition) is 5. The van der Waals surface area contributed by atoms with E-state index in [1.54, 1.807) is 0 Å². The number of rotatable bonds is 7. The van der Waals surface area contributed by atoms with Gasteiger partial charge in [-0.3, -0.25) is 4.98 Å². The maximum atomic E-state index is 5.69. The van der Waals surface area contributed by atoms with E-state index < -0.39 is 0 Å². The first-order chi connectivity index (χ1) is 9.78. The summed E-state index contributed by atoms with van der Waals surface area (Å²) in [5.74, 6) is 2.15. The van der Waals surface area contributed by atoms with Crippen molar-refractivity contribution in [3.63, 3.8) is 0 Å². The average Bonchev–Trinajstić information content (AvgIpc) is 2.45. The Balaban J connectivity index is 1.81. The third kappa shape index (κ3) is 4.50. The van der Waals surface area contributed by atoms with E-state index in [-0.39, 0.29) is 0 Å². The number of aryl methyl sites for hydroxylation is 2. The van der Waals surface area contributed by atoms with E-state index in [9.17, 15) is 0 Å². The molecule has 5 heteroatoms. The summed E-state index contributed by atoms with van der Waals surface area (Å²) < 4.78 is 5.69. The van der Waals surface area contributed by atoms with Gasteiger partial charge in [0, 0.05) is 25.0 Å². The molecule has 0 atom stereocenters. The van der Waals surface area contributed by atoms with Gasteiger partial charge in [-0.05, 0) is 44.4 Å². The first-order valence-electron chi connectivity index (χ1n) is 6.89. The number of nitrogens with zero attached hydrogens (tertiary/aromatic N) is 3. The van der Waals surface area contributed by atoms with Crippen LogP contribution in [0.3, 0.4) is 0 Å². The van der Waals surface area contributed by atoms with Crippen LogP contribution in [0.2, 0.25) is 0 Å². The van der Waals surface area contributed by atoms with E-state index in [0.717, 1.165) is 25.2 Å². The number of aromatic nitrogens is 3. The molecule has 0 aliphatic rings. The third-order valence-electron chi connectivity index (χ3n) is 2.78. The van der Waals surface area contributed by atoms with Crippen molar-refractivity contribution in [1.29, 1.82) is 0 Å². The Morgan fingerprint density at radius 2 is 2.00 bits per heavy atom. The van der Waals surface area contributed by atoms with Gasteiger partial charge in [0.15, 0.2) is 0 Å². The Morgan fingerprint density at radius 3 is 2.75 bits per heavy atom. The minimum Gasteiger partial charge on any atom is -0.478 e. The van der Waals surface area contributed by atoms with E-state index in [2.05, 4.69) is 20.3 Å². The molecular weight excluding hydrogens is 252 g/mol. The van der Waals surface area contributed by atoms with Gasteiger partial charge in [0.1, 0.15) is 11.6 Å². The lowest BCUT2D eigenvalue weighted by Gasteiger charge is -2.08. The number of ether oxygens (including phenoxy) is 1. The fourth-order valence-electron chi connectivity index (χ4n) is 1.89. The van der Waals surface area contributed by atoms with Gasteiger partial charge in [0.2, 0.25) is 5.88 Å². The molecule has 2 rings (SSSR count). The molecular formula is C15H20N4O. The molecule has 0 aliphatic heterocycles. The minimum atomic E-state index is 0.628. The van der Waals surface area contributed by atoms with Crippen molar-refractivity contribution in [2.75, 3.05) is 18.5 Å². The fraction of sp³-hybridized carbons (Fsp3) is 0.400. The van der Waals surface area contributed by atoms with Crippen molar-refractivity contribution < 1.29 is 4.74 Å². The lowest BCUT2D eigenvalue weighted by molar-refractivity contribution is 0.298. The van der Waals surface area contributed by atoms with Crippen LogP contribution in [0.5, 0.6) is 5.88 Å². The summed E-state index contributed by atoms with van der Waals surface area (Å²) in [5, 5.41) is 3.17. The zero-order valence-electron chi connectivity index (χ0n) is 12.0. The highest BCUT2D eigenvalue weighted by Gasteiger charge is 2.02. The topological polar surface area (TPSA) is 59.9 Å². The number of nitrogens with one attached hydrogen (secondary N) is 1. The van der Waals surface area contributed by atoms with Crippen LogP contribution >= 0.6 is 0 Å². The van der Waals surface area contributed by atoms with Crippen LogP contribution in [0.25, 0.3) is 0 Å². The van der Waals surface area contributed by atoms with Crippen molar-refractivity contribution >= 4 is 5.82 Å². The molecule has 0 fully saturated rings. The molecule has 5 nitrogen and oxygen atoms in total. The predicted octanol–water partition coefficient (Wildman–Crippen LogP) is 2.62. The Hall–Kier alpha value is -2.17. The number of pyridine rings is 1. The normalized spacial score (nSPS) is 10.3. The van der Waals surface area contributed by atoms with Crippen LogP contribution in [0, 0.1) is 6.92 Å². The van der Waals surface area contributed by atoms with Crippen LogP contribution in [0.4, 0.5) is 5.82 Å². The highest BCUT2D eigenvalue weighted by molar-refractivity contribution is 5.38. The highest BCUT2D eigenvalue weighted by atomic mass is 16.5. The third-order valence-corrected chi connectivity index (χ3v) is 2.78. The summed E-state index contributed by atoms with van der Waals surface area (Å²) in [6, 6.07) is 5.89. The Bertz CT molecular complexity index is 531. The van der Waals surface area contributed by atoms with Crippen molar-refractivity contribution in [3.8, 4) is 5.88 Å². The molecule has 0 spiro atoms. The number of anilines is 1. The molecule has 0 amide bonds. The molecule has 0 aromatic carbocycles. The Morgan fingerprint density at radius 1 is 1.20 bits per heavy atom. The van der Waals surface area contributed by atoms with E-state index in [1.807, 2.05) is 44.4 Å². The molecule has 0 radical (unpaired) electrons. The molecule has 0 saturated carbocycles. The van der Waals surface area contributed by atoms with Crippen LogP contribution in [0.15, 0.2) is 30.6 Å². The minimum absolute atomic E-state index is 0.628. The maximum absolute atomic E-state index is 5.69. The van der Waals surface area contributed by atoms with Gasteiger partial charge in [0.05, 0.1) is 6.61 Å². The second-order valence-electron chi connectivity index (χ2n) is 4.48. The maximum Gasteiger partial charge on any atom is 0.218 e. The second kappa shape index (κ2) is 7.43. The summed E-state index contributed by atoms with van der Waals surface area (Å²) in [6.45, 7) is 5.37. The zero-order valence-corrected chi connectivity index (χ0v) is 12.0. The lowest BCUT2D eigenvalue weighted by Crippen LogP contribution is -2.05. The molecule has 0 saturated heterocycles. The van der Waals surface area contributed by atoms with Gasteiger partial charge in [-0.1, -0.05) is 0 Å². The average molecular weight is 272 g/mol.